The summed E-state index contributed by atoms with van der Waals surface area (Å²) in [6, 6.07) is 5.88. The molecule has 0 aromatic heterocycles. The van der Waals surface area contributed by atoms with Crippen molar-refractivity contribution in [3.8, 4) is 0 Å². The van der Waals surface area contributed by atoms with Gasteiger partial charge < -0.3 is 10.1 Å². The second-order valence-electron chi connectivity index (χ2n) is 4.49. The maximum atomic E-state index is 12.1. The van der Waals surface area contributed by atoms with Crippen LogP contribution in [-0.2, 0) is 9.53 Å². The van der Waals surface area contributed by atoms with Crippen LogP contribution in [-0.4, -0.2) is 18.6 Å². The third-order valence-electron chi connectivity index (χ3n) is 3.46. The molecule has 1 atom stereocenters. The van der Waals surface area contributed by atoms with Gasteiger partial charge in [-0.05, 0) is 44.4 Å². The number of rotatable bonds is 4. The molecule has 0 heterocycles. The molecule has 0 aliphatic heterocycles. The van der Waals surface area contributed by atoms with E-state index in [1.54, 1.807) is 14.0 Å². The van der Waals surface area contributed by atoms with Gasteiger partial charge in [0.2, 0.25) is 0 Å². The summed E-state index contributed by atoms with van der Waals surface area (Å²) in [6.45, 7) is 7.76. The predicted octanol–water partition coefficient (Wildman–Crippen LogP) is 3.06. The van der Waals surface area contributed by atoms with Gasteiger partial charge in [-0.15, -0.1) is 0 Å². The van der Waals surface area contributed by atoms with Crippen molar-refractivity contribution in [1.29, 1.82) is 0 Å². The first-order chi connectivity index (χ1) is 7.94. The van der Waals surface area contributed by atoms with Gasteiger partial charge in [-0.1, -0.05) is 19.1 Å². The van der Waals surface area contributed by atoms with Gasteiger partial charge in [-0.2, -0.15) is 0 Å². The predicted molar refractivity (Wildman–Crippen MR) is 70.3 cm³/mol. The average molecular weight is 235 g/mol. The van der Waals surface area contributed by atoms with E-state index in [4.69, 9.17) is 4.74 Å². The molecule has 0 fully saturated rings. The standard InChI is InChI=1S/C14H21NO2/c1-6-14(4,17-5)13(16)15-12-9-7-8-10(2)11(12)3/h7-9H,6H2,1-5H3,(H,15,16). The van der Waals surface area contributed by atoms with Crippen LogP contribution >= 0.6 is 0 Å². The molecule has 0 aliphatic carbocycles. The van der Waals surface area contributed by atoms with E-state index >= 15 is 0 Å². The number of hydrogen-bond donors (Lipinski definition) is 1. The van der Waals surface area contributed by atoms with Gasteiger partial charge in [0.1, 0.15) is 5.60 Å². The minimum Gasteiger partial charge on any atom is -0.369 e. The summed E-state index contributed by atoms with van der Waals surface area (Å²) < 4.78 is 5.28. The number of benzene rings is 1. The summed E-state index contributed by atoms with van der Waals surface area (Å²) in [5.41, 5.74) is 2.34. The van der Waals surface area contributed by atoms with Crippen LogP contribution in [0.25, 0.3) is 0 Å². The van der Waals surface area contributed by atoms with Crippen molar-refractivity contribution < 1.29 is 9.53 Å². The fourth-order valence-corrected chi connectivity index (χ4v) is 1.54. The number of methoxy groups -OCH3 is 1. The van der Waals surface area contributed by atoms with Gasteiger partial charge in [0.15, 0.2) is 0 Å². The summed E-state index contributed by atoms with van der Waals surface area (Å²) in [7, 11) is 1.56. The highest BCUT2D eigenvalue weighted by Crippen LogP contribution is 2.21. The van der Waals surface area contributed by atoms with Gasteiger partial charge in [0, 0.05) is 12.8 Å². The van der Waals surface area contributed by atoms with Crippen molar-refractivity contribution in [2.45, 2.75) is 39.7 Å². The maximum absolute atomic E-state index is 12.1. The van der Waals surface area contributed by atoms with Gasteiger partial charge >= 0.3 is 0 Å². The molecule has 1 unspecified atom stereocenters. The molecular weight excluding hydrogens is 214 g/mol. The third-order valence-corrected chi connectivity index (χ3v) is 3.46. The molecule has 0 bridgehead atoms. The number of carbonyl (C=O) groups excluding carboxylic acids is 1. The highest BCUT2D eigenvalue weighted by atomic mass is 16.5. The smallest absolute Gasteiger partial charge is 0.256 e. The molecule has 1 aromatic carbocycles. The van der Waals surface area contributed by atoms with Crippen LogP contribution in [0.3, 0.4) is 0 Å². The quantitative estimate of drug-likeness (QED) is 0.871. The summed E-state index contributed by atoms with van der Waals surface area (Å²) in [4.78, 5) is 12.1. The van der Waals surface area contributed by atoms with Crippen molar-refractivity contribution >= 4 is 11.6 Å². The minimum atomic E-state index is -0.768. The van der Waals surface area contributed by atoms with Crippen molar-refractivity contribution in [2.24, 2.45) is 0 Å². The van der Waals surface area contributed by atoms with E-state index in [1.165, 1.54) is 5.56 Å². The molecule has 0 aliphatic rings. The Kier molecular flexibility index (Phi) is 4.29. The fraction of sp³-hybridized carbons (Fsp3) is 0.500. The Bertz CT molecular complexity index is 409. The van der Waals surface area contributed by atoms with Crippen molar-refractivity contribution in [3.05, 3.63) is 29.3 Å². The zero-order chi connectivity index (χ0) is 13.1. The Labute approximate surface area is 103 Å². The lowest BCUT2D eigenvalue weighted by atomic mass is 10.0. The Balaban J connectivity index is 2.92. The number of anilines is 1. The SMILES string of the molecule is CCC(C)(OC)C(=O)Nc1cccc(C)c1C. The number of ether oxygens (including phenoxy) is 1. The van der Waals surface area contributed by atoms with Crippen molar-refractivity contribution in [3.63, 3.8) is 0 Å². The largest absolute Gasteiger partial charge is 0.369 e. The summed E-state index contributed by atoms with van der Waals surface area (Å²) >= 11 is 0. The van der Waals surface area contributed by atoms with Gasteiger partial charge in [-0.3, -0.25) is 4.79 Å². The van der Waals surface area contributed by atoms with E-state index in [9.17, 15) is 4.79 Å². The Hall–Kier alpha value is -1.35. The van der Waals surface area contributed by atoms with Crippen LogP contribution in [0.2, 0.25) is 0 Å². The van der Waals surface area contributed by atoms with Gasteiger partial charge in [-0.25, -0.2) is 0 Å². The molecule has 1 aromatic rings. The maximum Gasteiger partial charge on any atom is 0.256 e. The molecule has 0 saturated carbocycles. The third kappa shape index (κ3) is 2.86. The van der Waals surface area contributed by atoms with Crippen LogP contribution < -0.4 is 5.32 Å². The summed E-state index contributed by atoms with van der Waals surface area (Å²) in [5, 5.41) is 2.93. The number of carbonyl (C=O) groups is 1. The molecule has 1 rings (SSSR count). The molecule has 17 heavy (non-hydrogen) atoms. The number of aryl methyl sites for hydroxylation is 1. The molecular formula is C14H21NO2. The minimum absolute atomic E-state index is 0.101. The molecule has 1 N–H and O–H groups in total. The van der Waals surface area contributed by atoms with Crippen LogP contribution in [0.5, 0.6) is 0 Å². The second kappa shape index (κ2) is 5.32. The highest BCUT2D eigenvalue weighted by Gasteiger charge is 2.31. The van der Waals surface area contributed by atoms with E-state index in [1.807, 2.05) is 39.0 Å². The summed E-state index contributed by atoms with van der Waals surface area (Å²) in [5.74, 6) is -0.101. The van der Waals surface area contributed by atoms with Gasteiger partial charge in [0.25, 0.3) is 5.91 Å². The van der Waals surface area contributed by atoms with Crippen molar-refractivity contribution in [1.82, 2.24) is 0 Å². The van der Waals surface area contributed by atoms with Crippen LogP contribution in [0, 0.1) is 13.8 Å². The molecule has 0 radical (unpaired) electrons. The molecule has 94 valence electrons. The highest BCUT2D eigenvalue weighted by molar-refractivity contribution is 5.97. The lowest BCUT2D eigenvalue weighted by Gasteiger charge is -2.25. The zero-order valence-electron chi connectivity index (χ0n) is 11.3. The second-order valence-corrected chi connectivity index (χ2v) is 4.49. The van der Waals surface area contributed by atoms with Crippen LogP contribution in [0.4, 0.5) is 5.69 Å². The zero-order valence-corrected chi connectivity index (χ0v) is 11.3. The number of hydrogen-bond acceptors (Lipinski definition) is 2. The monoisotopic (exact) mass is 235 g/mol. The Morgan fingerprint density at radius 2 is 2.06 bits per heavy atom. The van der Waals surface area contributed by atoms with Crippen LogP contribution in [0.1, 0.15) is 31.4 Å². The van der Waals surface area contributed by atoms with Gasteiger partial charge in [0.05, 0.1) is 0 Å². The van der Waals surface area contributed by atoms with E-state index in [2.05, 4.69) is 5.32 Å². The summed E-state index contributed by atoms with van der Waals surface area (Å²) in [6.07, 6.45) is 0.639. The van der Waals surface area contributed by atoms with E-state index in [0.717, 1.165) is 11.3 Å². The first-order valence-electron chi connectivity index (χ1n) is 5.87. The average Bonchev–Trinajstić information content (AvgIpc) is 2.33. The molecule has 3 nitrogen and oxygen atoms in total. The normalized spacial score (nSPS) is 14.2. The number of nitrogens with one attached hydrogen (secondary N) is 1. The first kappa shape index (κ1) is 13.7. The molecule has 0 spiro atoms. The van der Waals surface area contributed by atoms with E-state index < -0.39 is 5.60 Å². The van der Waals surface area contributed by atoms with E-state index in [0.29, 0.717) is 6.42 Å². The van der Waals surface area contributed by atoms with E-state index in [-0.39, 0.29) is 5.91 Å². The lowest BCUT2D eigenvalue weighted by Crippen LogP contribution is -2.41. The Morgan fingerprint density at radius 3 is 2.59 bits per heavy atom. The Morgan fingerprint density at radius 1 is 1.41 bits per heavy atom. The first-order valence-corrected chi connectivity index (χ1v) is 5.87. The van der Waals surface area contributed by atoms with Crippen molar-refractivity contribution in [2.75, 3.05) is 12.4 Å². The lowest BCUT2D eigenvalue weighted by molar-refractivity contribution is -0.136. The molecule has 0 saturated heterocycles. The topological polar surface area (TPSA) is 38.3 Å². The van der Waals surface area contributed by atoms with Crippen LogP contribution in [0.15, 0.2) is 18.2 Å². The fourth-order valence-electron chi connectivity index (χ4n) is 1.54. The number of amides is 1. The molecule has 3 heteroatoms. The molecule has 1 amide bonds.